The van der Waals surface area contributed by atoms with Crippen molar-refractivity contribution in [3.05, 3.63) is 194 Å². The Morgan fingerprint density at radius 2 is 1.41 bits per heavy atom. The van der Waals surface area contributed by atoms with Gasteiger partial charge >= 0.3 is 110 Å². The summed E-state index contributed by atoms with van der Waals surface area (Å²) in [5.41, 5.74) is 12.1. The second kappa shape index (κ2) is 16.6. The first-order valence-corrected chi connectivity index (χ1v) is 26.4. The van der Waals surface area contributed by atoms with Crippen LogP contribution in [0.5, 0.6) is 0 Å². The third kappa shape index (κ3) is 7.74. The molecule has 285 valence electrons. The number of aryl methyl sites for hydroxylation is 1. The Kier molecular flexibility index (Phi) is 10.1. The molecule has 10 rings (SSSR count). The molecule has 0 atom stereocenters. The third-order valence-electron chi connectivity index (χ3n) is 10.3. The zero-order valence-corrected chi connectivity index (χ0v) is 36.8. The van der Waals surface area contributed by atoms with E-state index in [2.05, 4.69) is 154 Å². The van der Waals surface area contributed by atoms with Gasteiger partial charge in [-0.3, -0.25) is 4.98 Å². The summed E-state index contributed by atoms with van der Waals surface area (Å²) < 4.78 is 32.1. The fraction of sp³-hybridized carbons (Fsp3) is 0.0769. The largest absolute Gasteiger partial charge is 0.501 e. The van der Waals surface area contributed by atoms with Gasteiger partial charge in [0.25, 0.3) is 0 Å². The van der Waals surface area contributed by atoms with Gasteiger partial charge in [-0.05, 0) is 47.0 Å². The Morgan fingerprint density at radius 1 is 0.672 bits per heavy atom. The van der Waals surface area contributed by atoms with E-state index >= 15 is 0 Å². The maximum absolute atomic E-state index is 7.35. The molecule has 3 heterocycles. The summed E-state index contributed by atoms with van der Waals surface area (Å²) in [5.74, 6) is 7.78. The normalized spacial score (nSPS) is 12.3. The Bertz CT molecular complexity index is 3050. The van der Waals surface area contributed by atoms with Gasteiger partial charge in [0.2, 0.25) is 0 Å². The molecule has 0 aliphatic rings. The van der Waals surface area contributed by atoms with Crippen LogP contribution in [0.1, 0.15) is 9.68 Å². The van der Waals surface area contributed by atoms with Crippen LogP contribution in [0, 0.1) is 19.0 Å². The van der Waals surface area contributed by atoms with Crippen LogP contribution < -0.4 is 4.40 Å². The number of hydrogen-bond acceptors (Lipinski definition) is 3. The van der Waals surface area contributed by atoms with Crippen molar-refractivity contribution in [3.63, 3.8) is 0 Å². The molecule has 0 fully saturated rings. The minimum atomic E-state index is -2.08. The van der Waals surface area contributed by atoms with Gasteiger partial charge in [-0.25, -0.2) is 0 Å². The molecule has 3 aromatic heterocycles. The molecule has 0 saturated carbocycles. The minimum absolute atomic E-state index is 0. The molecule has 0 N–H and O–H groups in total. The van der Waals surface area contributed by atoms with Gasteiger partial charge in [-0.1, -0.05) is 108 Å². The number of nitrogens with zero attached hydrogens (tertiary/aromatic N) is 3. The van der Waals surface area contributed by atoms with E-state index in [4.69, 9.17) is 13.5 Å². The molecular formula is C52H41GeIrN3O-2. The van der Waals surface area contributed by atoms with Gasteiger partial charge in [0.1, 0.15) is 5.58 Å². The molecule has 10 aromatic rings. The van der Waals surface area contributed by atoms with Crippen molar-refractivity contribution < 1.29 is 28.6 Å². The Morgan fingerprint density at radius 3 is 2.14 bits per heavy atom. The molecule has 0 aliphatic carbocycles. The second-order valence-corrected chi connectivity index (χ2v) is 25.7. The van der Waals surface area contributed by atoms with Gasteiger partial charge < -0.3 is 8.98 Å². The van der Waals surface area contributed by atoms with Gasteiger partial charge in [-0.2, -0.15) is 0 Å². The van der Waals surface area contributed by atoms with Crippen molar-refractivity contribution in [2.24, 2.45) is 0 Å². The van der Waals surface area contributed by atoms with Crippen LogP contribution in [-0.4, -0.2) is 27.8 Å². The fourth-order valence-electron chi connectivity index (χ4n) is 7.27. The standard InChI is InChI=1S/C37H23N2O.C15H18GeN.Ir/c1-3-12-25(13-4-1)27-22-23-33(31(24-27)26-14-5-2-6-15-26)39-34-20-9-8-19-32(34)38-37(39)30-18-11-17-29-28-16-7-10-21-35(28)40-36(29)30;1-12-5-7-13(8-6-12)15-10-9-14(11-17-15)16(2,3)4;/h1-17,19-24H;5-7,9-11H,1-4H3;/q2*-1;/i;1D3;. The van der Waals surface area contributed by atoms with Crippen molar-refractivity contribution in [3.8, 4) is 50.6 Å². The number of rotatable bonds is 6. The molecule has 7 aromatic carbocycles. The first-order chi connectivity index (χ1) is 29.0. The summed E-state index contributed by atoms with van der Waals surface area (Å²) in [6, 6.07) is 63.8. The number of para-hydroxylation sites is 3. The molecular weight excluding hydrogens is 947 g/mol. The van der Waals surface area contributed by atoms with Gasteiger partial charge in [0, 0.05) is 36.7 Å². The Hall–Kier alpha value is -5.85. The van der Waals surface area contributed by atoms with E-state index in [-0.39, 0.29) is 20.1 Å². The molecule has 0 amide bonds. The minimum Gasteiger partial charge on any atom is -0.501 e. The van der Waals surface area contributed by atoms with Crippen LogP contribution in [-0.2, 0) is 20.1 Å². The predicted octanol–water partition coefficient (Wildman–Crippen LogP) is 13.1. The van der Waals surface area contributed by atoms with Crippen LogP contribution in [0.15, 0.2) is 180 Å². The summed E-state index contributed by atoms with van der Waals surface area (Å²) >= 11 is -1.83. The van der Waals surface area contributed by atoms with Gasteiger partial charge in [0.05, 0.1) is 22.4 Å². The number of hydrogen-bond donors (Lipinski definition) is 0. The van der Waals surface area contributed by atoms with Crippen molar-refractivity contribution in [2.45, 2.75) is 24.1 Å². The number of furan rings is 1. The number of fused-ring (bicyclic) bond motifs is 4. The number of pyridine rings is 1. The van der Waals surface area contributed by atoms with E-state index in [0.717, 1.165) is 72.4 Å². The second-order valence-electron chi connectivity index (χ2n) is 15.1. The van der Waals surface area contributed by atoms with Crippen LogP contribution >= 0.6 is 0 Å². The van der Waals surface area contributed by atoms with Crippen molar-refractivity contribution >= 4 is 50.6 Å². The van der Waals surface area contributed by atoms with E-state index < -0.39 is 20.1 Å². The van der Waals surface area contributed by atoms with E-state index in [1.807, 2.05) is 42.6 Å². The first kappa shape index (κ1) is 35.3. The van der Waals surface area contributed by atoms with Crippen LogP contribution in [0.25, 0.3) is 83.6 Å². The molecule has 0 unspecified atom stereocenters. The summed E-state index contributed by atoms with van der Waals surface area (Å²) in [5, 5.41) is 2.15. The van der Waals surface area contributed by atoms with E-state index in [0.29, 0.717) is 5.56 Å². The van der Waals surface area contributed by atoms with Crippen molar-refractivity contribution in [1.82, 2.24) is 14.5 Å². The molecule has 4 nitrogen and oxygen atoms in total. The number of aromatic nitrogens is 3. The molecule has 0 aliphatic heterocycles. The zero-order chi connectivity index (χ0) is 41.4. The fourth-order valence-corrected chi connectivity index (χ4v) is 9.44. The number of benzene rings is 7. The summed E-state index contributed by atoms with van der Waals surface area (Å²) in [6.07, 6.45) is 1.95. The maximum atomic E-state index is 7.35. The SMILES string of the molecule is [2H]C([2H])([2H])c1c[c-]c(-c2cc[c]([Ge]([CH3])([CH3])[CH3])cn2)cc1.[Ir].[c-]1ccc2c(oc3ccccc32)c1-c1nc2ccccc2n1-c1ccc(-c2ccccc2)cc1-c1ccccc1. The van der Waals surface area contributed by atoms with E-state index in [9.17, 15) is 0 Å². The quantitative estimate of drug-likeness (QED) is 0.123. The smallest absolute Gasteiger partial charge is 0.120 e. The molecule has 6 heteroatoms. The summed E-state index contributed by atoms with van der Waals surface area (Å²) in [6.45, 7) is -2.08. The van der Waals surface area contributed by atoms with Crippen molar-refractivity contribution in [1.29, 1.82) is 0 Å². The van der Waals surface area contributed by atoms with Crippen LogP contribution in [0.3, 0.4) is 0 Å². The predicted molar refractivity (Wildman–Crippen MR) is 240 cm³/mol. The first-order valence-electron chi connectivity index (χ1n) is 20.6. The molecule has 1 radical (unpaired) electrons. The molecule has 0 bridgehead atoms. The van der Waals surface area contributed by atoms with E-state index in [1.54, 1.807) is 12.1 Å². The van der Waals surface area contributed by atoms with Gasteiger partial charge in [0.15, 0.2) is 0 Å². The molecule has 0 saturated heterocycles. The average molecular weight is 992 g/mol. The van der Waals surface area contributed by atoms with Gasteiger partial charge in [-0.15, -0.1) is 18.2 Å². The molecule has 0 spiro atoms. The average Bonchev–Trinajstić information content (AvgIpc) is 3.86. The zero-order valence-electron chi connectivity index (χ0n) is 35.3. The van der Waals surface area contributed by atoms with E-state index in [1.165, 1.54) is 21.6 Å². The topological polar surface area (TPSA) is 43.9 Å². The number of imidazole rings is 1. The van der Waals surface area contributed by atoms with Crippen molar-refractivity contribution in [2.75, 3.05) is 0 Å². The van der Waals surface area contributed by atoms with Crippen LogP contribution in [0.2, 0.25) is 17.3 Å². The Balaban J connectivity index is 0.000000208. The summed E-state index contributed by atoms with van der Waals surface area (Å²) in [4.78, 5) is 9.65. The molecule has 58 heavy (non-hydrogen) atoms. The summed E-state index contributed by atoms with van der Waals surface area (Å²) in [7, 11) is 0. The third-order valence-corrected chi connectivity index (χ3v) is 14.5. The Labute approximate surface area is 360 Å². The van der Waals surface area contributed by atoms with Crippen LogP contribution in [0.4, 0.5) is 0 Å². The monoisotopic (exact) mass is 993 g/mol. The maximum Gasteiger partial charge on any atom is 0.120 e.